The quantitative estimate of drug-likeness (QED) is 0.457. The molecule has 4 nitrogen and oxygen atoms in total. The van der Waals surface area contributed by atoms with E-state index in [0.717, 1.165) is 25.3 Å². The Balaban J connectivity index is 2.31. The Morgan fingerprint density at radius 2 is 1.90 bits per heavy atom. The minimum absolute atomic E-state index is 0.457. The van der Waals surface area contributed by atoms with Gasteiger partial charge in [0, 0.05) is 25.4 Å². The monoisotopic (exact) mass is 277 g/mol. The van der Waals surface area contributed by atoms with Crippen LogP contribution in [-0.2, 0) is 4.74 Å². The normalized spacial score (nSPS) is 11.9. The van der Waals surface area contributed by atoms with Crippen LogP contribution in [0.2, 0.25) is 0 Å². The summed E-state index contributed by atoms with van der Waals surface area (Å²) in [6.45, 7) is 10.6. The van der Waals surface area contributed by atoms with E-state index in [0.29, 0.717) is 18.4 Å². The molecule has 112 valence electrons. The van der Waals surface area contributed by atoms with Gasteiger partial charge in [-0.1, -0.05) is 19.9 Å². The maximum Gasteiger partial charge on any atom is 0.193 e. The van der Waals surface area contributed by atoms with E-state index in [2.05, 4.69) is 56.2 Å². The number of nitrogens with two attached hydrogens (primary N) is 1. The summed E-state index contributed by atoms with van der Waals surface area (Å²) in [5, 5.41) is 3.12. The highest BCUT2D eigenvalue weighted by Gasteiger charge is 1.98. The molecule has 0 aliphatic heterocycles. The molecular formula is C16H27N3O. The van der Waals surface area contributed by atoms with Gasteiger partial charge in [0.05, 0.1) is 0 Å². The second kappa shape index (κ2) is 8.59. The van der Waals surface area contributed by atoms with Crippen LogP contribution in [0.3, 0.4) is 0 Å². The maximum atomic E-state index is 5.87. The molecule has 0 amide bonds. The van der Waals surface area contributed by atoms with Crippen molar-refractivity contribution in [1.29, 1.82) is 0 Å². The van der Waals surface area contributed by atoms with Gasteiger partial charge in [0.15, 0.2) is 5.96 Å². The SMILES string of the molecule is Cc1cc(C)cc(NC(N)=NCCCOCC(C)C)c1. The molecule has 1 aromatic rings. The lowest BCUT2D eigenvalue weighted by molar-refractivity contribution is 0.109. The summed E-state index contributed by atoms with van der Waals surface area (Å²) in [7, 11) is 0. The van der Waals surface area contributed by atoms with Gasteiger partial charge in [-0.05, 0) is 49.4 Å². The molecule has 0 aliphatic rings. The predicted molar refractivity (Wildman–Crippen MR) is 86.3 cm³/mol. The van der Waals surface area contributed by atoms with Crippen molar-refractivity contribution < 1.29 is 4.74 Å². The van der Waals surface area contributed by atoms with Gasteiger partial charge in [0.25, 0.3) is 0 Å². The number of hydrogen-bond donors (Lipinski definition) is 2. The molecule has 0 radical (unpaired) electrons. The van der Waals surface area contributed by atoms with Crippen LogP contribution in [0.5, 0.6) is 0 Å². The van der Waals surface area contributed by atoms with Gasteiger partial charge in [0.1, 0.15) is 0 Å². The van der Waals surface area contributed by atoms with Crippen molar-refractivity contribution in [2.24, 2.45) is 16.6 Å². The average molecular weight is 277 g/mol. The summed E-state index contributed by atoms with van der Waals surface area (Å²) in [6, 6.07) is 6.24. The van der Waals surface area contributed by atoms with Gasteiger partial charge in [-0.25, -0.2) is 0 Å². The highest BCUT2D eigenvalue weighted by molar-refractivity contribution is 5.92. The zero-order valence-corrected chi connectivity index (χ0v) is 13.1. The van der Waals surface area contributed by atoms with Crippen molar-refractivity contribution in [2.45, 2.75) is 34.1 Å². The lowest BCUT2D eigenvalue weighted by atomic mass is 10.1. The third-order valence-electron chi connectivity index (χ3n) is 2.67. The van der Waals surface area contributed by atoms with Crippen LogP contribution in [-0.4, -0.2) is 25.7 Å². The Morgan fingerprint density at radius 1 is 1.25 bits per heavy atom. The van der Waals surface area contributed by atoms with Crippen molar-refractivity contribution >= 4 is 11.6 Å². The molecule has 0 aromatic heterocycles. The first-order valence-electron chi connectivity index (χ1n) is 7.20. The largest absolute Gasteiger partial charge is 0.381 e. The molecule has 0 unspecified atom stereocenters. The Bertz CT molecular complexity index is 421. The Morgan fingerprint density at radius 3 is 2.50 bits per heavy atom. The lowest BCUT2D eigenvalue weighted by Crippen LogP contribution is -2.23. The fourth-order valence-electron chi connectivity index (χ4n) is 1.92. The number of guanidine groups is 1. The van der Waals surface area contributed by atoms with Crippen molar-refractivity contribution in [3.8, 4) is 0 Å². The van der Waals surface area contributed by atoms with Crippen LogP contribution < -0.4 is 11.1 Å². The van der Waals surface area contributed by atoms with Gasteiger partial charge < -0.3 is 15.8 Å². The molecule has 0 atom stereocenters. The maximum absolute atomic E-state index is 5.87. The third-order valence-corrected chi connectivity index (χ3v) is 2.67. The van der Waals surface area contributed by atoms with E-state index in [4.69, 9.17) is 10.5 Å². The number of aryl methyl sites for hydroxylation is 2. The molecule has 3 N–H and O–H groups in total. The van der Waals surface area contributed by atoms with Crippen LogP contribution >= 0.6 is 0 Å². The summed E-state index contributed by atoms with van der Waals surface area (Å²) < 4.78 is 5.50. The molecule has 0 bridgehead atoms. The van der Waals surface area contributed by atoms with Crippen LogP contribution in [0.4, 0.5) is 5.69 Å². The second-order valence-electron chi connectivity index (χ2n) is 5.59. The van der Waals surface area contributed by atoms with Gasteiger partial charge in [-0.15, -0.1) is 0 Å². The molecule has 20 heavy (non-hydrogen) atoms. The zero-order chi connectivity index (χ0) is 15.0. The van der Waals surface area contributed by atoms with Crippen LogP contribution in [0.25, 0.3) is 0 Å². The van der Waals surface area contributed by atoms with E-state index >= 15 is 0 Å². The van der Waals surface area contributed by atoms with E-state index in [1.54, 1.807) is 0 Å². The summed E-state index contributed by atoms with van der Waals surface area (Å²) in [6.07, 6.45) is 0.891. The number of ether oxygens (including phenoxy) is 1. The summed E-state index contributed by atoms with van der Waals surface area (Å²) in [4.78, 5) is 4.30. The number of nitrogens with zero attached hydrogens (tertiary/aromatic N) is 1. The first-order chi connectivity index (χ1) is 9.47. The van der Waals surface area contributed by atoms with Gasteiger partial charge in [-0.2, -0.15) is 0 Å². The van der Waals surface area contributed by atoms with Crippen LogP contribution in [0, 0.1) is 19.8 Å². The number of rotatable bonds is 7. The van der Waals surface area contributed by atoms with Crippen molar-refractivity contribution in [3.05, 3.63) is 29.3 Å². The minimum Gasteiger partial charge on any atom is -0.381 e. The van der Waals surface area contributed by atoms with Crippen LogP contribution in [0.15, 0.2) is 23.2 Å². The zero-order valence-electron chi connectivity index (χ0n) is 13.1. The molecule has 0 aliphatic carbocycles. The third kappa shape index (κ3) is 7.14. The summed E-state index contributed by atoms with van der Waals surface area (Å²) >= 11 is 0. The Labute approximate surface area is 122 Å². The van der Waals surface area contributed by atoms with Gasteiger partial charge in [-0.3, -0.25) is 4.99 Å². The number of aliphatic imine (C=N–C) groups is 1. The first kappa shape index (κ1) is 16.5. The minimum atomic E-state index is 0.457. The van der Waals surface area contributed by atoms with E-state index in [-0.39, 0.29) is 0 Å². The van der Waals surface area contributed by atoms with Crippen molar-refractivity contribution in [1.82, 2.24) is 0 Å². The smallest absolute Gasteiger partial charge is 0.193 e. The standard InChI is InChI=1S/C16H27N3O/c1-12(2)11-20-7-5-6-18-16(17)19-15-9-13(3)8-14(4)10-15/h8-10,12H,5-7,11H2,1-4H3,(H3,17,18,19). The molecular weight excluding hydrogens is 250 g/mol. The summed E-state index contributed by atoms with van der Waals surface area (Å²) in [5.74, 6) is 1.04. The predicted octanol–water partition coefficient (Wildman–Crippen LogP) is 3.09. The molecule has 4 heteroatoms. The number of hydrogen-bond acceptors (Lipinski definition) is 2. The number of nitrogens with one attached hydrogen (secondary N) is 1. The second-order valence-corrected chi connectivity index (χ2v) is 5.59. The lowest BCUT2D eigenvalue weighted by Gasteiger charge is -2.08. The molecule has 0 saturated heterocycles. The van der Waals surface area contributed by atoms with E-state index in [9.17, 15) is 0 Å². The van der Waals surface area contributed by atoms with E-state index in [1.165, 1.54) is 11.1 Å². The highest BCUT2D eigenvalue weighted by atomic mass is 16.5. The molecule has 1 aromatic carbocycles. The van der Waals surface area contributed by atoms with E-state index < -0.39 is 0 Å². The molecule has 0 saturated carbocycles. The topological polar surface area (TPSA) is 59.6 Å². The molecule has 0 fully saturated rings. The fourth-order valence-corrected chi connectivity index (χ4v) is 1.92. The highest BCUT2D eigenvalue weighted by Crippen LogP contribution is 2.13. The Hall–Kier alpha value is -1.55. The molecule has 1 rings (SSSR count). The van der Waals surface area contributed by atoms with Crippen molar-refractivity contribution in [2.75, 3.05) is 25.1 Å². The van der Waals surface area contributed by atoms with Crippen molar-refractivity contribution in [3.63, 3.8) is 0 Å². The van der Waals surface area contributed by atoms with Gasteiger partial charge in [0.2, 0.25) is 0 Å². The van der Waals surface area contributed by atoms with Gasteiger partial charge >= 0.3 is 0 Å². The molecule has 0 heterocycles. The molecule has 0 spiro atoms. The number of anilines is 1. The first-order valence-corrected chi connectivity index (χ1v) is 7.20. The fraction of sp³-hybridized carbons (Fsp3) is 0.562. The van der Waals surface area contributed by atoms with E-state index in [1.807, 2.05) is 0 Å². The average Bonchev–Trinajstić information content (AvgIpc) is 2.31. The Kier molecular flexibility index (Phi) is 7.09. The van der Waals surface area contributed by atoms with Crippen LogP contribution in [0.1, 0.15) is 31.4 Å². The summed E-state index contributed by atoms with van der Waals surface area (Å²) in [5.41, 5.74) is 9.27. The number of benzene rings is 1.